The van der Waals surface area contributed by atoms with Crippen LogP contribution in [0.15, 0.2) is 24.5 Å². The number of hydrogen-bond donors (Lipinski definition) is 1. The van der Waals surface area contributed by atoms with E-state index < -0.39 is 0 Å². The normalized spacial score (nSPS) is 12.4. The number of imidazole rings is 1. The van der Waals surface area contributed by atoms with E-state index in [1.807, 2.05) is 13.8 Å². The summed E-state index contributed by atoms with van der Waals surface area (Å²) in [6.07, 6.45) is 2.64. The molecule has 2 heterocycles. The van der Waals surface area contributed by atoms with Gasteiger partial charge in [0.1, 0.15) is 5.75 Å². The minimum atomic E-state index is 0.714. The van der Waals surface area contributed by atoms with E-state index in [-0.39, 0.29) is 0 Å². The number of aromatic nitrogens is 2. The molecule has 0 aliphatic carbocycles. The predicted molar refractivity (Wildman–Crippen MR) is 69.3 cm³/mol. The molecule has 0 saturated carbocycles. The smallest absolute Gasteiger partial charge is 0.129 e. The number of nitrogens with zero attached hydrogens (tertiary/aromatic N) is 1. The summed E-state index contributed by atoms with van der Waals surface area (Å²) >= 11 is 0. The molecule has 3 rings (SSSR count). The standard InChI is InChI=1S/C12H12N2O.C2H6/c1-8-2-3-9-11(6-8)15-5-4-10-12(9)14-7-13-10;1-2/h2-3,6-7H,4-5H2,1H3,(H,13,14);1-2H3. The van der Waals surface area contributed by atoms with Gasteiger partial charge in [-0.1, -0.05) is 19.9 Å². The molecule has 3 heteroatoms. The van der Waals surface area contributed by atoms with Crippen molar-refractivity contribution in [3.63, 3.8) is 0 Å². The van der Waals surface area contributed by atoms with Gasteiger partial charge in [-0.25, -0.2) is 4.98 Å². The summed E-state index contributed by atoms with van der Waals surface area (Å²) in [5.41, 5.74) is 4.50. The molecule has 1 aliphatic heterocycles. The summed E-state index contributed by atoms with van der Waals surface area (Å²) in [6.45, 7) is 6.78. The van der Waals surface area contributed by atoms with Crippen molar-refractivity contribution in [3.8, 4) is 17.0 Å². The van der Waals surface area contributed by atoms with Crippen LogP contribution < -0.4 is 4.74 Å². The molecule has 0 saturated heterocycles. The zero-order valence-electron chi connectivity index (χ0n) is 10.6. The number of aryl methyl sites for hydroxylation is 1. The quantitative estimate of drug-likeness (QED) is 0.753. The lowest BCUT2D eigenvalue weighted by molar-refractivity contribution is 0.325. The van der Waals surface area contributed by atoms with Crippen LogP contribution in [0.5, 0.6) is 5.75 Å². The topological polar surface area (TPSA) is 37.9 Å². The Morgan fingerprint density at radius 3 is 2.94 bits per heavy atom. The molecule has 1 N–H and O–H groups in total. The van der Waals surface area contributed by atoms with E-state index in [0.29, 0.717) is 6.61 Å². The monoisotopic (exact) mass is 230 g/mol. The molecule has 3 nitrogen and oxygen atoms in total. The first-order valence-corrected chi connectivity index (χ1v) is 6.10. The second-order valence-corrected chi connectivity index (χ2v) is 3.83. The van der Waals surface area contributed by atoms with Crippen molar-refractivity contribution < 1.29 is 4.74 Å². The molecule has 2 aromatic rings. The van der Waals surface area contributed by atoms with E-state index in [4.69, 9.17) is 4.74 Å². The van der Waals surface area contributed by atoms with Gasteiger partial charge in [0.2, 0.25) is 0 Å². The van der Waals surface area contributed by atoms with Gasteiger partial charge in [0.15, 0.2) is 0 Å². The second kappa shape index (κ2) is 5.04. The fraction of sp³-hybridized carbons (Fsp3) is 0.357. The zero-order valence-corrected chi connectivity index (χ0v) is 10.6. The maximum absolute atomic E-state index is 5.71. The van der Waals surface area contributed by atoms with Crippen molar-refractivity contribution in [2.24, 2.45) is 0 Å². The third-order valence-corrected chi connectivity index (χ3v) is 2.72. The van der Waals surface area contributed by atoms with Crippen molar-refractivity contribution in [3.05, 3.63) is 35.8 Å². The highest BCUT2D eigenvalue weighted by molar-refractivity contribution is 5.70. The lowest BCUT2D eigenvalue weighted by Crippen LogP contribution is -1.99. The molecule has 1 aromatic carbocycles. The Hall–Kier alpha value is -1.77. The average Bonchev–Trinajstić information content (AvgIpc) is 2.74. The number of aromatic amines is 1. The molecule has 0 spiro atoms. The van der Waals surface area contributed by atoms with Gasteiger partial charge >= 0.3 is 0 Å². The van der Waals surface area contributed by atoms with Crippen LogP contribution in [-0.4, -0.2) is 16.6 Å². The Balaban J connectivity index is 0.000000514. The van der Waals surface area contributed by atoms with Crippen molar-refractivity contribution >= 4 is 0 Å². The van der Waals surface area contributed by atoms with Crippen LogP contribution in [0.1, 0.15) is 25.1 Å². The molecule has 0 unspecified atom stereocenters. The first-order valence-electron chi connectivity index (χ1n) is 6.10. The van der Waals surface area contributed by atoms with Gasteiger partial charge in [-0.15, -0.1) is 0 Å². The summed E-state index contributed by atoms with van der Waals surface area (Å²) in [5.74, 6) is 0.945. The Morgan fingerprint density at radius 2 is 2.12 bits per heavy atom. The van der Waals surface area contributed by atoms with Crippen molar-refractivity contribution in [2.75, 3.05) is 6.61 Å². The van der Waals surface area contributed by atoms with Crippen molar-refractivity contribution in [1.82, 2.24) is 9.97 Å². The van der Waals surface area contributed by atoms with Crippen LogP contribution in [-0.2, 0) is 6.42 Å². The van der Waals surface area contributed by atoms with E-state index >= 15 is 0 Å². The molecule has 17 heavy (non-hydrogen) atoms. The molecule has 0 bridgehead atoms. The van der Waals surface area contributed by atoms with Crippen LogP contribution in [0.2, 0.25) is 0 Å². The second-order valence-electron chi connectivity index (χ2n) is 3.83. The SMILES string of the molecule is CC.Cc1ccc2c(c1)OCCc1[nH]cnc1-2. The lowest BCUT2D eigenvalue weighted by Gasteiger charge is -2.06. The molecular formula is C14H18N2O. The van der Waals surface area contributed by atoms with Crippen LogP contribution in [0.25, 0.3) is 11.3 Å². The summed E-state index contributed by atoms with van der Waals surface area (Å²) in [7, 11) is 0. The predicted octanol–water partition coefficient (Wildman–Crippen LogP) is 3.35. The van der Waals surface area contributed by atoms with Gasteiger partial charge in [0, 0.05) is 17.7 Å². The van der Waals surface area contributed by atoms with Gasteiger partial charge in [-0.05, 0) is 24.6 Å². The first-order chi connectivity index (χ1) is 8.34. The van der Waals surface area contributed by atoms with Crippen LogP contribution in [0.4, 0.5) is 0 Å². The Kier molecular flexibility index (Phi) is 3.47. The lowest BCUT2D eigenvalue weighted by atomic mass is 10.1. The molecule has 1 aliphatic rings. The van der Waals surface area contributed by atoms with Crippen LogP contribution in [0.3, 0.4) is 0 Å². The highest BCUT2D eigenvalue weighted by Crippen LogP contribution is 2.33. The van der Waals surface area contributed by atoms with E-state index in [1.165, 1.54) is 5.56 Å². The van der Waals surface area contributed by atoms with E-state index in [9.17, 15) is 0 Å². The van der Waals surface area contributed by atoms with Crippen LogP contribution in [0, 0.1) is 6.92 Å². The molecule has 90 valence electrons. The maximum atomic E-state index is 5.71. The van der Waals surface area contributed by atoms with E-state index in [1.54, 1.807) is 6.33 Å². The number of hydrogen-bond acceptors (Lipinski definition) is 2. The minimum absolute atomic E-state index is 0.714. The maximum Gasteiger partial charge on any atom is 0.129 e. The fourth-order valence-corrected chi connectivity index (χ4v) is 1.95. The fourth-order valence-electron chi connectivity index (χ4n) is 1.95. The number of rotatable bonds is 0. The number of H-pyrrole nitrogens is 1. The summed E-state index contributed by atoms with van der Waals surface area (Å²) in [4.78, 5) is 7.51. The Labute approximate surface area is 102 Å². The summed E-state index contributed by atoms with van der Waals surface area (Å²) in [6, 6.07) is 6.24. The summed E-state index contributed by atoms with van der Waals surface area (Å²) in [5, 5.41) is 0. The molecule has 0 fully saturated rings. The zero-order chi connectivity index (χ0) is 12.3. The van der Waals surface area contributed by atoms with Crippen molar-refractivity contribution in [1.29, 1.82) is 0 Å². The van der Waals surface area contributed by atoms with Gasteiger partial charge in [0.05, 0.1) is 18.6 Å². The van der Waals surface area contributed by atoms with Crippen LogP contribution >= 0.6 is 0 Å². The Morgan fingerprint density at radius 1 is 1.29 bits per heavy atom. The molecule has 0 radical (unpaired) electrons. The van der Waals surface area contributed by atoms with Gasteiger partial charge in [-0.2, -0.15) is 0 Å². The molecule has 0 amide bonds. The van der Waals surface area contributed by atoms with E-state index in [2.05, 4.69) is 35.1 Å². The number of benzene rings is 1. The molecular weight excluding hydrogens is 212 g/mol. The van der Waals surface area contributed by atoms with Gasteiger partial charge < -0.3 is 9.72 Å². The third-order valence-electron chi connectivity index (χ3n) is 2.72. The van der Waals surface area contributed by atoms with Crippen molar-refractivity contribution in [2.45, 2.75) is 27.2 Å². The van der Waals surface area contributed by atoms with E-state index in [0.717, 1.165) is 29.1 Å². The Bertz CT molecular complexity index is 503. The largest absolute Gasteiger partial charge is 0.492 e. The number of ether oxygens (including phenoxy) is 1. The highest BCUT2D eigenvalue weighted by Gasteiger charge is 2.17. The molecule has 0 atom stereocenters. The third kappa shape index (κ3) is 2.18. The average molecular weight is 230 g/mol. The summed E-state index contributed by atoms with van der Waals surface area (Å²) < 4.78 is 5.71. The van der Waals surface area contributed by atoms with Gasteiger partial charge in [-0.3, -0.25) is 0 Å². The molecule has 1 aromatic heterocycles. The minimum Gasteiger partial charge on any atom is -0.492 e. The van der Waals surface area contributed by atoms with Gasteiger partial charge in [0.25, 0.3) is 0 Å². The first kappa shape index (κ1) is 11.7. The number of nitrogens with one attached hydrogen (secondary N) is 1. The number of fused-ring (bicyclic) bond motifs is 3. The highest BCUT2D eigenvalue weighted by atomic mass is 16.5.